The molecular weight excluding hydrogens is 238 g/mol. The van der Waals surface area contributed by atoms with Crippen molar-refractivity contribution in [3.63, 3.8) is 0 Å². The lowest BCUT2D eigenvalue weighted by Crippen LogP contribution is -2.41. The standard InChI is InChI=1S/C11H21N3O2S/c1-3-7-14(8-4-2)17(15,16)13-10-11-5-6-12-9-11/h5-6,9,12-13H,3-4,7-8,10H2,1-2H3. The molecule has 5 nitrogen and oxygen atoms in total. The Bertz CT molecular complexity index is 394. The Kier molecular flexibility index (Phi) is 5.67. The first-order valence-electron chi connectivity index (χ1n) is 5.96. The van der Waals surface area contributed by atoms with E-state index in [9.17, 15) is 8.42 Å². The van der Waals surface area contributed by atoms with Crippen LogP contribution in [0.5, 0.6) is 0 Å². The number of nitrogens with zero attached hydrogens (tertiary/aromatic N) is 1. The van der Waals surface area contributed by atoms with Gasteiger partial charge in [0, 0.05) is 32.0 Å². The molecule has 1 rings (SSSR count). The average Bonchev–Trinajstić information content (AvgIpc) is 2.79. The zero-order chi connectivity index (χ0) is 12.7. The van der Waals surface area contributed by atoms with Crippen LogP contribution >= 0.6 is 0 Å². The van der Waals surface area contributed by atoms with Gasteiger partial charge in [-0.15, -0.1) is 0 Å². The van der Waals surface area contributed by atoms with E-state index < -0.39 is 10.2 Å². The molecule has 0 aliphatic heterocycles. The third kappa shape index (κ3) is 4.49. The lowest BCUT2D eigenvalue weighted by atomic mass is 10.4. The first-order chi connectivity index (χ1) is 8.10. The second-order valence-corrected chi connectivity index (χ2v) is 5.70. The quantitative estimate of drug-likeness (QED) is 0.742. The monoisotopic (exact) mass is 259 g/mol. The van der Waals surface area contributed by atoms with Crippen LogP contribution in [0.4, 0.5) is 0 Å². The maximum absolute atomic E-state index is 12.0. The molecule has 0 aromatic carbocycles. The first-order valence-corrected chi connectivity index (χ1v) is 7.40. The maximum Gasteiger partial charge on any atom is 0.279 e. The smallest absolute Gasteiger partial charge is 0.279 e. The van der Waals surface area contributed by atoms with E-state index in [1.807, 2.05) is 19.9 Å². The van der Waals surface area contributed by atoms with E-state index in [0.717, 1.165) is 18.4 Å². The van der Waals surface area contributed by atoms with Crippen molar-refractivity contribution in [1.82, 2.24) is 14.0 Å². The van der Waals surface area contributed by atoms with Crippen LogP contribution in [0.1, 0.15) is 32.3 Å². The molecule has 17 heavy (non-hydrogen) atoms. The minimum Gasteiger partial charge on any atom is -0.367 e. The zero-order valence-electron chi connectivity index (χ0n) is 10.4. The molecule has 0 spiro atoms. The summed E-state index contributed by atoms with van der Waals surface area (Å²) >= 11 is 0. The highest BCUT2D eigenvalue weighted by Gasteiger charge is 2.19. The van der Waals surface area contributed by atoms with Gasteiger partial charge in [0.05, 0.1) is 0 Å². The van der Waals surface area contributed by atoms with E-state index in [4.69, 9.17) is 0 Å². The van der Waals surface area contributed by atoms with Crippen molar-refractivity contribution in [2.45, 2.75) is 33.2 Å². The van der Waals surface area contributed by atoms with Gasteiger partial charge in [0.15, 0.2) is 0 Å². The molecule has 0 atom stereocenters. The van der Waals surface area contributed by atoms with Crippen LogP contribution in [0.2, 0.25) is 0 Å². The lowest BCUT2D eigenvalue weighted by molar-refractivity contribution is 0.401. The average molecular weight is 259 g/mol. The molecule has 1 aromatic heterocycles. The van der Waals surface area contributed by atoms with Crippen LogP contribution in [0, 0.1) is 0 Å². The van der Waals surface area contributed by atoms with Gasteiger partial charge in [0.25, 0.3) is 10.2 Å². The third-order valence-corrected chi connectivity index (χ3v) is 3.96. The number of nitrogens with one attached hydrogen (secondary N) is 2. The molecular formula is C11H21N3O2S. The molecule has 2 N–H and O–H groups in total. The van der Waals surface area contributed by atoms with Gasteiger partial charge in [-0.25, -0.2) is 0 Å². The summed E-state index contributed by atoms with van der Waals surface area (Å²) in [5, 5.41) is 0. The molecule has 1 aromatic rings. The summed E-state index contributed by atoms with van der Waals surface area (Å²) in [6.07, 6.45) is 5.21. The van der Waals surface area contributed by atoms with Gasteiger partial charge < -0.3 is 4.98 Å². The van der Waals surface area contributed by atoms with Crippen LogP contribution in [0.15, 0.2) is 18.5 Å². The Hall–Kier alpha value is -0.850. The van der Waals surface area contributed by atoms with Crippen LogP contribution in [0.25, 0.3) is 0 Å². The lowest BCUT2D eigenvalue weighted by Gasteiger charge is -2.21. The molecule has 0 unspecified atom stereocenters. The van der Waals surface area contributed by atoms with Gasteiger partial charge >= 0.3 is 0 Å². The third-order valence-electron chi connectivity index (χ3n) is 2.41. The van der Waals surface area contributed by atoms with E-state index in [-0.39, 0.29) is 0 Å². The number of aromatic amines is 1. The molecule has 0 radical (unpaired) electrons. The second-order valence-electron chi connectivity index (χ2n) is 3.94. The zero-order valence-corrected chi connectivity index (χ0v) is 11.3. The highest BCUT2D eigenvalue weighted by molar-refractivity contribution is 7.87. The van der Waals surface area contributed by atoms with Crippen molar-refractivity contribution in [1.29, 1.82) is 0 Å². The van der Waals surface area contributed by atoms with Crippen molar-refractivity contribution >= 4 is 10.2 Å². The molecule has 1 heterocycles. The van der Waals surface area contributed by atoms with E-state index in [1.54, 1.807) is 12.4 Å². The molecule has 0 aliphatic carbocycles. The highest BCUT2D eigenvalue weighted by atomic mass is 32.2. The number of hydrogen-bond donors (Lipinski definition) is 2. The summed E-state index contributed by atoms with van der Waals surface area (Å²) < 4.78 is 28.1. The minimum atomic E-state index is -3.35. The topological polar surface area (TPSA) is 65.2 Å². The highest BCUT2D eigenvalue weighted by Crippen LogP contribution is 2.03. The van der Waals surface area contributed by atoms with E-state index >= 15 is 0 Å². The fourth-order valence-electron chi connectivity index (χ4n) is 1.59. The van der Waals surface area contributed by atoms with E-state index in [2.05, 4.69) is 9.71 Å². The van der Waals surface area contributed by atoms with Gasteiger partial charge in [0.2, 0.25) is 0 Å². The Morgan fingerprint density at radius 3 is 2.41 bits per heavy atom. The van der Waals surface area contributed by atoms with Crippen LogP contribution in [-0.4, -0.2) is 30.8 Å². The van der Waals surface area contributed by atoms with Crippen LogP contribution in [0.3, 0.4) is 0 Å². The van der Waals surface area contributed by atoms with E-state index in [0.29, 0.717) is 19.6 Å². The van der Waals surface area contributed by atoms with Crippen molar-refractivity contribution < 1.29 is 8.42 Å². The van der Waals surface area contributed by atoms with Crippen LogP contribution < -0.4 is 4.72 Å². The Morgan fingerprint density at radius 2 is 1.94 bits per heavy atom. The summed E-state index contributed by atoms with van der Waals surface area (Å²) in [4.78, 5) is 2.90. The Morgan fingerprint density at radius 1 is 1.29 bits per heavy atom. The molecule has 98 valence electrons. The molecule has 0 bridgehead atoms. The first kappa shape index (κ1) is 14.2. The number of rotatable bonds is 8. The normalized spacial score (nSPS) is 12.2. The summed E-state index contributed by atoms with van der Waals surface area (Å²) in [5.74, 6) is 0. The minimum absolute atomic E-state index is 0.329. The summed E-state index contributed by atoms with van der Waals surface area (Å²) in [6, 6.07) is 1.85. The second kappa shape index (κ2) is 6.78. The number of H-pyrrole nitrogens is 1. The van der Waals surface area contributed by atoms with Gasteiger partial charge in [-0.2, -0.15) is 17.4 Å². The molecule has 0 aliphatic rings. The van der Waals surface area contributed by atoms with Gasteiger partial charge in [-0.1, -0.05) is 13.8 Å². The Labute approximate surface area is 103 Å². The Balaban J connectivity index is 2.58. The number of hydrogen-bond acceptors (Lipinski definition) is 2. The van der Waals surface area contributed by atoms with Gasteiger partial charge in [-0.3, -0.25) is 0 Å². The summed E-state index contributed by atoms with van der Waals surface area (Å²) in [5.41, 5.74) is 0.932. The molecule has 0 saturated heterocycles. The van der Waals surface area contributed by atoms with Crippen molar-refractivity contribution in [2.75, 3.05) is 13.1 Å². The van der Waals surface area contributed by atoms with Gasteiger partial charge in [0.1, 0.15) is 0 Å². The summed E-state index contributed by atoms with van der Waals surface area (Å²) in [7, 11) is -3.35. The largest absolute Gasteiger partial charge is 0.367 e. The van der Waals surface area contributed by atoms with Gasteiger partial charge in [-0.05, 0) is 24.5 Å². The molecule has 0 fully saturated rings. The fraction of sp³-hybridized carbons (Fsp3) is 0.636. The predicted octanol–water partition coefficient (Wildman–Crippen LogP) is 1.47. The molecule has 0 saturated carbocycles. The maximum atomic E-state index is 12.0. The van der Waals surface area contributed by atoms with Crippen molar-refractivity contribution in [2.24, 2.45) is 0 Å². The van der Waals surface area contributed by atoms with Crippen molar-refractivity contribution in [3.8, 4) is 0 Å². The fourth-order valence-corrected chi connectivity index (χ4v) is 2.96. The summed E-state index contributed by atoms with van der Waals surface area (Å²) in [6.45, 7) is 5.41. The molecule has 0 amide bonds. The molecule has 6 heteroatoms. The van der Waals surface area contributed by atoms with E-state index in [1.165, 1.54) is 4.31 Å². The SMILES string of the molecule is CCCN(CCC)S(=O)(=O)NCc1cc[nH]c1. The van der Waals surface area contributed by atoms with Crippen molar-refractivity contribution in [3.05, 3.63) is 24.0 Å². The van der Waals surface area contributed by atoms with Crippen LogP contribution in [-0.2, 0) is 16.8 Å². The predicted molar refractivity (Wildman–Crippen MR) is 68.7 cm³/mol. The number of aromatic nitrogens is 1.